The zero-order valence-electron chi connectivity index (χ0n) is 36.2. The summed E-state index contributed by atoms with van der Waals surface area (Å²) < 4.78 is 85.7. The minimum Gasteiger partial charge on any atom is -0.487 e. The minimum atomic E-state index is -3.16. The molecule has 0 aliphatic carbocycles. The fourth-order valence-electron chi connectivity index (χ4n) is 7.00. The molecule has 0 saturated carbocycles. The van der Waals surface area contributed by atoms with Gasteiger partial charge in [-0.3, -0.25) is 9.13 Å². The van der Waals surface area contributed by atoms with Crippen LogP contribution < -0.4 is 40.2 Å². The lowest BCUT2D eigenvalue weighted by molar-refractivity contribution is -0.00707. The van der Waals surface area contributed by atoms with E-state index in [0.717, 1.165) is 35.1 Å². The molecule has 62 heavy (non-hydrogen) atoms. The molecule has 2 N–H and O–H groups in total. The standard InChI is InChI=1S/C46H60O14P2/c1-5-33-9-13-37(41(31-33)59-39-15-11-35(7-3)43-45(39)61(43,49)57-19-17-47)55-29-27-53-25-23-51-21-22-52-24-26-54-28-30-56-38-14-10-34(6-2)32-42(38)60-40-16-12-36(8-4)44-46(40)62(44,50)58-20-18-48/h9-16,31-32,47-48H,5-8,17-30H2,1-4H3. The van der Waals surface area contributed by atoms with Gasteiger partial charge in [-0.25, -0.2) is 0 Å². The van der Waals surface area contributed by atoms with Crippen LogP contribution in [0.3, 0.4) is 0 Å². The third kappa shape index (κ3) is 11.7. The first-order valence-corrected chi connectivity index (χ1v) is 24.7. The van der Waals surface area contributed by atoms with Crippen molar-refractivity contribution in [3.8, 4) is 34.5 Å². The van der Waals surface area contributed by atoms with Crippen molar-refractivity contribution in [2.75, 3.05) is 92.5 Å². The van der Waals surface area contributed by atoms with Crippen LogP contribution in [0.4, 0.5) is 0 Å². The summed E-state index contributed by atoms with van der Waals surface area (Å²) in [4.78, 5) is 0. The molecule has 4 aromatic carbocycles. The number of ether oxygens (including phenoxy) is 8. The third-order valence-electron chi connectivity index (χ3n) is 10.3. The Morgan fingerprint density at radius 2 is 0.758 bits per heavy atom. The predicted octanol–water partition coefficient (Wildman–Crippen LogP) is 6.15. The van der Waals surface area contributed by atoms with E-state index in [1.54, 1.807) is 0 Å². The second kappa shape index (κ2) is 23.2. The fraction of sp³-hybridized carbons (Fsp3) is 0.478. The van der Waals surface area contributed by atoms with Crippen LogP contribution in [-0.2, 0) is 62.8 Å². The SMILES string of the molecule is CCc1ccc(OCCOCCOCCOCCOCCOc2ccc(CC)cc2Oc2ccc(CC)c3c2P3(=O)OCCO)c(Oc2ccc(CC)c3c2P3(=O)OCCO)c1. The monoisotopic (exact) mass is 898 g/mol. The lowest BCUT2D eigenvalue weighted by Crippen LogP contribution is -2.15. The number of hydrogen-bond acceptors (Lipinski definition) is 14. The van der Waals surface area contributed by atoms with Crippen molar-refractivity contribution in [2.45, 2.75) is 53.4 Å². The van der Waals surface area contributed by atoms with Crippen LogP contribution in [0.15, 0.2) is 60.7 Å². The van der Waals surface area contributed by atoms with Gasteiger partial charge in [0.2, 0.25) is 0 Å². The van der Waals surface area contributed by atoms with Crippen LogP contribution in [-0.4, -0.2) is 103 Å². The fourth-order valence-corrected chi connectivity index (χ4v) is 12.1. The van der Waals surface area contributed by atoms with Gasteiger partial charge in [-0.05, 0) is 84.3 Å². The number of aliphatic hydroxyl groups is 2. The maximum Gasteiger partial charge on any atom is 0.267 e. The molecule has 0 saturated heterocycles. The smallest absolute Gasteiger partial charge is 0.267 e. The average Bonchev–Trinajstić information content (AvgIpc) is 4.14. The van der Waals surface area contributed by atoms with Crippen molar-refractivity contribution in [3.05, 3.63) is 82.9 Å². The van der Waals surface area contributed by atoms with E-state index in [0.29, 0.717) is 135 Å². The molecular formula is C46H60O14P2. The summed E-state index contributed by atoms with van der Waals surface area (Å²) in [5.41, 5.74) is 4.05. The molecule has 0 radical (unpaired) electrons. The molecule has 2 atom stereocenters. The Hall–Kier alpha value is -3.78. The van der Waals surface area contributed by atoms with Crippen LogP contribution in [0.25, 0.3) is 0 Å². The lowest BCUT2D eigenvalue weighted by atomic mass is 10.1. The highest BCUT2D eigenvalue weighted by Gasteiger charge is 2.54. The number of aliphatic hydroxyl groups excluding tert-OH is 2. The number of fused-ring (bicyclic) bond motifs is 2. The minimum absolute atomic E-state index is 0.00656. The van der Waals surface area contributed by atoms with Gasteiger partial charge in [0.25, 0.3) is 14.7 Å². The van der Waals surface area contributed by atoms with Crippen LogP contribution in [0.1, 0.15) is 49.9 Å². The van der Waals surface area contributed by atoms with Gasteiger partial charge in [0, 0.05) is 0 Å². The van der Waals surface area contributed by atoms with Crippen molar-refractivity contribution < 1.29 is 66.3 Å². The van der Waals surface area contributed by atoms with Gasteiger partial charge >= 0.3 is 0 Å². The van der Waals surface area contributed by atoms with Crippen molar-refractivity contribution in [2.24, 2.45) is 0 Å². The predicted molar refractivity (Wildman–Crippen MR) is 238 cm³/mol. The Bertz CT molecular complexity index is 2040. The molecule has 16 heteroatoms. The zero-order chi connectivity index (χ0) is 44.0. The molecule has 2 unspecified atom stereocenters. The van der Waals surface area contributed by atoms with E-state index < -0.39 is 14.7 Å². The van der Waals surface area contributed by atoms with Gasteiger partial charge in [0.15, 0.2) is 23.0 Å². The number of hydrogen-bond donors (Lipinski definition) is 2. The normalized spacial score (nSPS) is 17.1. The molecule has 338 valence electrons. The molecular weight excluding hydrogens is 838 g/mol. The molecule has 0 aromatic heterocycles. The van der Waals surface area contributed by atoms with E-state index in [1.165, 1.54) is 0 Å². The highest BCUT2D eigenvalue weighted by molar-refractivity contribution is 7.86. The molecule has 0 amide bonds. The Kier molecular flexibility index (Phi) is 17.9. The first-order chi connectivity index (χ1) is 30.3. The number of rotatable bonds is 31. The molecule has 2 aliphatic heterocycles. The van der Waals surface area contributed by atoms with E-state index in [4.69, 9.17) is 46.9 Å². The van der Waals surface area contributed by atoms with Gasteiger partial charge in [-0.2, -0.15) is 0 Å². The highest BCUT2D eigenvalue weighted by Crippen LogP contribution is 2.61. The van der Waals surface area contributed by atoms with E-state index >= 15 is 0 Å². The molecule has 4 aromatic rings. The second-order valence-corrected chi connectivity index (χ2v) is 18.9. The van der Waals surface area contributed by atoms with Crippen molar-refractivity contribution in [1.29, 1.82) is 0 Å². The molecule has 6 rings (SSSR count). The van der Waals surface area contributed by atoms with E-state index in [2.05, 4.69) is 13.8 Å². The Labute approximate surface area is 364 Å². The van der Waals surface area contributed by atoms with E-state index in [-0.39, 0.29) is 26.4 Å². The first-order valence-electron chi connectivity index (χ1n) is 21.5. The van der Waals surface area contributed by atoms with Gasteiger partial charge in [0.1, 0.15) is 24.7 Å². The summed E-state index contributed by atoms with van der Waals surface area (Å²) >= 11 is 0. The van der Waals surface area contributed by atoms with Gasteiger partial charge in [0.05, 0.1) is 101 Å². The molecule has 2 aliphatic rings. The van der Waals surface area contributed by atoms with Gasteiger partial charge in [-0.15, -0.1) is 0 Å². The lowest BCUT2D eigenvalue weighted by Gasteiger charge is -2.14. The maximum absolute atomic E-state index is 13.5. The molecule has 0 fully saturated rings. The van der Waals surface area contributed by atoms with Crippen LogP contribution in [0, 0.1) is 0 Å². The Morgan fingerprint density at radius 3 is 1.10 bits per heavy atom. The zero-order valence-corrected chi connectivity index (χ0v) is 38.0. The van der Waals surface area contributed by atoms with Crippen LogP contribution in [0.2, 0.25) is 0 Å². The molecule has 0 bridgehead atoms. The summed E-state index contributed by atoms with van der Waals surface area (Å²) in [6.07, 6.45) is 3.05. The summed E-state index contributed by atoms with van der Waals surface area (Å²) in [5, 5.41) is 21.1. The summed E-state index contributed by atoms with van der Waals surface area (Å²) in [7, 11) is -6.33. The number of aryl methyl sites for hydroxylation is 4. The highest BCUT2D eigenvalue weighted by atomic mass is 31.2. The van der Waals surface area contributed by atoms with Crippen LogP contribution in [0.5, 0.6) is 34.5 Å². The topological polar surface area (TPSA) is 167 Å². The number of benzene rings is 4. The van der Waals surface area contributed by atoms with Gasteiger partial charge < -0.3 is 57.2 Å². The summed E-state index contributed by atoms with van der Waals surface area (Å²) in [6, 6.07) is 19.0. The quantitative estimate of drug-likeness (QED) is 0.0437. The summed E-state index contributed by atoms with van der Waals surface area (Å²) in [5.74, 6) is 3.07. The third-order valence-corrected chi connectivity index (χ3v) is 15.2. The van der Waals surface area contributed by atoms with Crippen molar-refractivity contribution >= 4 is 36.0 Å². The molecule has 0 spiro atoms. The summed E-state index contributed by atoms with van der Waals surface area (Å²) in [6.45, 7) is 11.4. The largest absolute Gasteiger partial charge is 0.487 e. The second-order valence-electron chi connectivity index (χ2n) is 14.4. The van der Waals surface area contributed by atoms with E-state index in [9.17, 15) is 19.3 Å². The maximum atomic E-state index is 13.5. The van der Waals surface area contributed by atoms with E-state index in [1.807, 2.05) is 74.5 Å². The first kappa shape index (κ1) is 47.7. The molecule has 2 heterocycles. The van der Waals surface area contributed by atoms with Crippen molar-refractivity contribution in [3.63, 3.8) is 0 Å². The Morgan fingerprint density at radius 1 is 0.403 bits per heavy atom. The average molecular weight is 899 g/mol. The van der Waals surface area contributed by atoms with Gasteiger partial charge in [-0.1, -0.05) is 52.0 Å². The van der Waals surface area contributed by atoms with Crippen LogP contribution >= 0.6 is 14.7 Å². The Balaban J connectivity index is 0.832. The van der Waals surface area contributed by atoms with Crippen molar-refractivity contribution in [1.82, 2.24) is 0 Å². The molecule has 14 nitrogen and oxygen atoms in total.